The Bertz CT molecular complexity index is 1360. The third kappa shape index (κ3) is 4.18. The predicted octanol–water partition coefficient (Wildman–Crippen LogP) is 3.87. The van der Waals surface area contributed by atoms with Gasteiger partial charge in [0.1, 0.15) is 17.4 Å². The molecule has 7 heteroatoms. The van der Waals surface area contributed by atoms with Gasteiger partial charge >= 0.3 is 0 Å². The van der Waals surface area contributed by atoms with Crippen LogP contribution in [0.15, 0.2) is 48.7 Å². The lowest BCUT2D eigenvalue weighted by Crippen LogP contribution is -2.27. The van der Waals surface area contributed by atoms with Crippen LogP contribution in [-0.2, 0) is 17.6 Å². The van der Waals surface area contributed by atoms with Crippen molar-refractivity contribution < 1.29 is 9.53 Å². The average Bonchev–Trinajstić information content (AvgIpc) is 3.52. The number of rotatable bonds is 5. The summed E-state index contributed by atoms with van der Waals surface area (Å²) in [6.07, 6.45) is 5.21. The molecule has 1 unspecified atom stereocenters. The number of H-pyrrole nitrogens is 1. The maximum atomic E-state index is 12.2. The lowest BCUT2D eigenvalue weighted by Gasteiger charge is -2.24. The number of imidazole rings is 1. The number of benzene rings is 2. The molecule has 1 fully saturated rings. The SMILES string of the molecule is Cc1nccc(-c2ccc3nc(C4COc5ccc(CC(=O)NC6CC6)cc5C4)[nH]c3c2)n1. The molecule has 0 radical (unpaired) electrons. The highest BCUT2D eigenvalue weighted by Gasteiger charge is 2.26. The average molecular weight is 440 g/mol. The number of ether oxygens (including phenoxy) is 1. The van der Waals surface area contributed by atoms with Crippen LogP contribution in [-0.4, -0.2) is 38.5 Å². The minimum absolute atomic E-state index is 0.0951. The second-order valence-corrected chi connectivity index (χ2v) is 9.02. The lowest BCUT2D eigenvalue weighted by atomic mass is 9.94. The number of nitrogens with one attached hydrogen (secondary N) is 2. The first kappa shape index (κ1) is 19.9. The molecule has 0 saturated heterocycles. The minimum atomic E-state index is 0.0951. The Morgan fingerprint density at radius 2 is 2.06 bits per heavy atom. The standard InChI is InChI=1S/C26H25N5O2/c1-15-27-9-8-21(28-15)17-3-6-22-23(13-17)31-26(30-22)19-12-18-10-16(2-7-24(18)33-14-19)11-25(32)29-20-4-5-20/h2-3,6-10,13,19-20H,4-5,11-12,14H2,1H3,(H,29,32)(H,30,31). The number of aromatic nitrogens is 4. The molecule has 1 aliphatic heterocycles. The fourth-order valence-corrected chi connectivity index (χ4v) is 4.42. The highest BCUT2D eigenvalue weighted by atomic mass is 16.5. The minimum Gasteiger partial charge on any atom is -0.493 e. The molecular formula is C26H25N5O2. The van der Waals surface area contributed by atoms with Gasteiger partial charge < -0.3 is 15.0 Å². The number of aromatic amines is 1. The number of carbonyl (C=O) groups excluding carboxylic acids is 1. The second-order valence-electron chi connectivity index (χ2n) is 9.02. The molecule has 6 rings (SSSR count). The first-order valence-electron chi connectivity index (χ1n) is 11.4. The zero-order chi connectivity index (χ0) is 22.4. The van der Waals surface area contributed by atoms with Crippen molar-refractivity contribution in [3.63, 3.8) is 0 Å². The summed E-state index contributed by atoms with van der Waals surface area (Å²) in [6.45, 7) is 2.47. The summed E-state index contributed by atoms with van der Waals surface area (Å²) in [6, 6.07) is 14.5. The first-order chi connectivity index (χ1) is 16.1. The number of nitrogens with zero attached hydrogens (tertiary/aromatic N) is 3. The van der Waals surface area contributed by atoms with Crippen LogP contribution in [0.1, 0.15) is 41.5 Å². The van der Waals surface area contributed by atoms with Crippen LogP contribution in [0.5, 0.6) is 5.75 Å². The molecule has 2 aromatic carbocycles. The Morgan fingerprint density at radius 1 is 1.15 bits per heavy atom. The van der Waals surface area contributed by atoms with E-state index >= 15 is 0 Å². The number of hydrogen-bond acceptors (Lipinski definition) is 5. The Kier molecular flexibility index (Phi) is 4.82. The summed E-state index contributed by atoms with van der Waals surface area (Å²) in [5, 5.41) is 3.06. The van der Waals surface area contributed by atoms with Gasteiger partial charge in [-0.25, -0.2) is 15.0 Å². The largest absolute Gasteiger partial charge is 0.493 e. The summed E-state index contributed by atoms with van der Waals surface area (Å²) in [4.78, 5) is 29.2. The maximum absolute atomic E-state index is 12.2. The van der Waals surface area contributed by atoms with Crippen molar-refractivity contribution in [2.75, 3.05) is 6.61 Å². The van der Waals surface area contributed by atoms with Gasteiger partial charge in [-0.05, 0) is 61.6 Å². The van der Waals surface area contributed by atoms with Crippen LogP contribution in [0, 0.1) is 6.92 Å². The topological polar surface area (TPSA) is 92.8 Å². The Hall–Kier alpha value is -3.74. The molecule has 2 aromatic heterocycles. The smallest absolute Gasteiger partial charge is 0.224 e. The van der Waals surface area contributed by atoms with Crippen molar-refractivity contribution in [1.29, 1.82) is 0 Å². The van der Waals surface area contributed by atoms with E-state index in [0.717, 1.165) is 70.1 Å². The van der Waals surface area contributed by atoms with Crippen LogP contribution in [0.3, 0.4) is 0 Å². The third-order valence-electron chi connectivity index (χ3n) is 6.30. The number of hydrogen-bond donors (Lipinski definition) is 2. The van der Waals surface area contributed by atoms with E-state index in [-0.39, 0.29) is 11.8 Å². The quantitative estimate of drug-likeness (QED) is 0.493. The van der Waals surface area contributed by atoms with Crippen molar-refractivity contribution in [1.82, 2.24) is 25.3 Å². The summed E-state index contributed by atoms with van der Waals surface area (Å²) in [5.41, 5.74) is 5.98. The van der Waals surface area contributed by atoms with E-state index in [1.54, 1.807) is 6.20 Å². The van der Waals surface area contributed by atoms with E-state index in [1.807, 2.05) is 37.3 Å². The van der Waals surface area contributed by atoms with Crippen molar-refractivity contribution >= 4 is 16.9 Å². The van der Waals surface area contributed by atoms with Crippen LogP contribution in [0.25, 0.3) is 22.3 Å². The van der Waals surface area contributed by atoms with Crippen molar-refractivity contribution in [2.45, 2.75) is 44.6 Å². The predicted molar refractivity (Wildman–Crippen MR) is 125 cm³/mol. The van der Waals surface area contributed by atoms with E-state index in [0.29, 0.717) is 19.1 Å². The number of fused-ring (bicyclic) bond motifs is 2. The molecule has 2 aliphatic rings. The van der Waals surface area contributed by atoms with Crippen molar-refractivity contribution in [3.8, 4) is 17.0 Å². The molecule has 4 aromatic rings. The monoisotopic (exact) mass is 439 g/mol. The number of carbonyl (C=O) groups is 1. The number of aryl methyl sites for hydroxylation is 1. The van der Waals surface area contributed by atoms with Gasteiger partial charge in [0, 0.05) is 17.8 Å². The van der Waals surface area contributed by atoms with Gasteiger partial charge in [-0.3, -0.25) is 4.79 Å². The summed E-state index contributed by atoms with van der Waals surface area (Å²) in [7, 11) is 0. The molecule has 1 saturated carbocycles. The molecule has 7 nitrogen and oxygen atoms in total. The molecule has 1 amide bonds. The first-order valence-corrected chi connectivity index (χ1v) is 11.4. The molecule has 33 heavy (non-hydrogen) atoms. The lowest BCUT2D eigenvalue weighted by molar-refractivity contribution is -0.120. The molecule has 0 spiro atoms. The molecular weight excluding hydrogens is 414 g/mol. The Morgan fingerprint density at radius 3 is 2.91 bits per heavy atom. The molecule has 2 N–H and O–H groups in total. The maximum Gasteiger partial charge on any atom is 0.224 e. The van der Waals surface area contributed by atoms with Gasteiger partial charge in [-0.2, -0.15) is 0 Å². The van der Waals surface area contributed by atoms with Gasteiger partial charge in [0.15, 0.2) is 0 Å². The van der Waals surface area contributed by atoms with E-state index in [2.05, 4.69) is 32.4 Å². The van der Waals surface area contributed by atoms with Crippen LogP contribution < -0.4 is 10.1 Å². The zero-order valence-corrected chi connectivity index (χ0v) is 18.5. The molecule has 1 atom stereocenters. The highest BCUT2D eigenvalue weighted by molar-refractivity contribution is 5.81. The van der Waals surface area contributed by atoms with Crippen LogP contribution >= 0.6 is 0 Å². The number of amides is 1. The van der Waals surface area contributed by atoms with E-state index in [9.17, 15) is 4.79 Å². The van der Waals surface area contributed by atoms with E-state index in [4.69, 9.17) is 9.72 Å². The fourth-order valence-electron chi connectivity index (χ4n) is 4.42. The molecule has 166 valence electrons. The molecule has 0 bridgehead atoms. The Balaban J connectivity index is 1.22. The highest BCUT2D eigenvalue weighted by Crippen LogP contribution is 2.33. The summed E-state index contributed by atoms with van der Waals surface area (Å²) < 4.78 is 6.05. The van der Waals surface area contributed by atoms with E-state index in [1.165, 1.54) is 0 Å². The van der Waals surface area contributed by atoms with Gasteiger partial charge in [-0.15, -0.1) is 0 Å². The van der Waals surface area contributed by atoms with Gasteiger partial charge in [-0.1, -0.05) is 18.2 Å². The van der Waals surface area contributed by atoms with Crippen molar-refractivity contribution in [2.24, 2.45) is 0 Å². The van der Waals surface area contributed by atoms with Crippen LogP contribution in [0.4, 0.5) is 0 Å². The van der Waals surface area contributed by atoms with Crippen molar-refractivity contribution in [3.05, 3.63) is 71.4 Å². The molecule has 1 aliphatic carbocycles. The van der Waals surface area contributed by atoms with Gasteiger partial charge in [0.05, 0.1) is 35.7 Å². The van der Waals surface area contributed by atoms with E-state index < -0.39 is 0 Å². The summed E-state index contributed by atoms with van der Waals surface area (Å²) in [5.74, 6) is 2.79. The Labute approximate surface area is 191 Å². The zero-order valence-electron chi connectivity index (χ0n) is 18.5. The third-order valence-corrected chi connectivity index (χ3v) is 6.30. The summed E-state index contributed by atoms with van der Waals surface area (Å²) >= 11 is 0. The van der Waals surface area contributed by atoms with Gasteiger partial charge in [0.25, 0.3) is 0 Å². The van der Waals surface area contributed by atoms with Crippen LogP contribution in [0.2, 0.25) is 0 Å². The molecule has 3 heterocycles. The normalized spacial score (nSPS) is 17.4. The van der Waals surface area contributed by atoms with Gasteiger partial charge in [0.2, 0.25) is 5.91 Å². The fraction of sp³-hybridized carbons (Fsp3) is 0.308. The second kappa shape index (κ2) is 7.99.